The van der Waals surface area contributed by atoms with Crippen LogP contribution in [-0.4, -0.2) is 22.9 Å². The molecule has 1 aliphatic rings. The van der Waals surface area contributed by atoms with Crippen LogP contribution in [0.1, 0.15) is 22.3 Å². The van der Waals surface area contributed by atoms with E-state index < -0.39 is 0 Å². The number of methoxy groups -OCH3 is 1. The van der Waals surface area contributed by atoms with Gasteiger partial charge in [-0.3, -0.25) is 4.79 Å². The summed E-state index contributed by atoms with van der Waals surface area (Å²) in [5, 5.41) is 0. The van der Waals surface area contributed by atoms with Crippen LogP contribution in [0.15, 0.2) is 30.5 Å². The molecule has 0 aliphatic heterocycles. The molecule has 0 atom stereocenters. The third kappa shape index (κ3) is 2.27. The molecule has 1 aromatic heterocycles. The summed E-state index contributed by atoms with van der Waals surface area (Å²) in [5.74, 6) is 1.27. The summed E-state index contributed by atoms with van der Waals surface area (Å²) in [6.45, 7) is 0. The van der Waals surface area contributed by atoms with E-state index in [-0.39, 0.29) is 11.8 Å². The minimum absolute atomic E-state index is 0.194. The van der Waals surface area contributed by atoms with E-state index in [0.29, 0.717) is 18.1 Å². The number of fused-ring (bicyclic) bond motifs is 1. The molecule has 1 aromatic carbocycles. The molecule has 0 saturated heterocycles. The fourth-order valence-corrected chi connectivity index (χ4v) is 2.09. The van der Waals surface area contributed by atoms with Gasteiger partial charge in [0, 0.05) is 24.2 Å². The lowest BCUT2D eigenvalue weighted by Crippen LogP contribution is -1.95. The number of nitrogens with zero attached hydrogens (tertiary/aromatic N) is 2. The molecule has 2 aromatic rings. The second-order valence-electron chi connectivity index (χ2n) is 4.23. The van der Waals surface area contributed by atoms with Crippen LogP contribution in [0, 0.1) is 0 Å². The molecule has 5 heteroatoms. The fraction of sp³-hybridized carbons (Fsp3) is 0.214. The summed E-state index contributed by atoms with van der Waals surface area (Å²) in [4.78, 5) is 19.6. The molecule has 19 heavy (non-hydrogen) atoms. The Bertz CT molecular complexity index is 640. The zero-order chi connectivity index (χ0) is 13.2. The predicted octanol–water partition coefficient (Wildman–Crippen LogP) is 2.41. The van der Waals surface area contributed by atoms with Crippen molar-refractivity contribution in [3.63, 3.8) is 0 Å². The Morgan fingerprint density at radius 2 is 2.11 bits per heavy atom. The highest BCUT2D eigenvalue weighted by atomic mass is 16.5. The monoisotopic (exact) mass is 256 g/mol. The largest absolute Gasteiger partial charge is 0.481 e. The van der Waals surface area contributed by atoms with Gasteiger partial charge in [0.05, 0.1) is 7.11 Å². The summed E-state index contributed by atoms with van der Waals surface area (Å²) in [6, 6.07) is 7.28. The van der Waals surface area contributed by atoms with E-state index in [1.807, 2.05) is 6.07 Å². The predicted molar refractivity (Wildman–Crippen MR) is 67.8 cm³/mol. The number of rotatable bonds is 3. The van der Waals surface area contributed by atoms with Crippen molar-refractivity contribution in [2.24, 2.45) is 0 Å². The second kappa shape index (κ2) is 4.68. The molecule has 0 N–H and O–H groups in total. The molecule has 5 nitrogen and oxygen atoms in total. The second-order valence-corrected chi connectivity index (χ2v) is 4.23. The van der Waals surface area contributed by atoms with Gasteiger partial charge in [0.1, 0.15) is 5.75 Å². The van der Waals surface area contributed by atoms with Gasteiger partial charge < -0.3 is 9.47 Å². The fourth-order valence-electron chi connectivity index (χ4n) is 2.09. The van der Waals surface area contributed by atoms with E-state index in [4.69, 9.17) is 9.47 Å². The van der Waals surface area contributed by atoms with Crippen LogP contribution in [0.5, 0.6) is 17.6 Å². The lowest BCUT2D eigenvalue weighted by Gasteiger charge is -2.06. The van der Waals surface area contributed by atoms with Gasteiger partial charge in [0.2, 0.25) is 5.88 Å². The molecular weight excluding hydrogens is 244 g/mol. The number of aryl methyl sites for hydroxylation is 1. The number of benzene rings is 1. The summed E-state index contributed by atoms with van der Waals surface area (Å²) in [7, 11) is 1.53. The molecule has 1 heterocycles. The van der Waals surface area contributed by atoms with Crippen LogP contribution in [-0.2, 0) is 6.42 Å². The number of hydrogen-bond donors (Lipinski definition) is 0. The number of aromatic nitrogens is 2. The van der Waals surface area contributed by atoms with E-state index in [2.05, 4.69) is 9.97 Å². The molecule has 0 bridgehead atoms. The summed E-state index contributed by atoms with van der Waals surface area (Å²) in [6.07, 6.45) is 2.91. The zero-order valence-corrected chi connectivity index (χ0v) is 10.4. The van der Waals surface area contributed by atoms with Crippen molar-refractivity contribution >= 4 is 5.78 Å². The van der Waals surface area contributed by atoms with Crippen LogP contribution < -0.4 is 9.47 Å². The first-order valence-corrected chi connectivity index (χ1v) is 5.97. The van der Waals surface area contributed by atoms with Crippen molar-refractivity contribution in [3.8, 4) is 17.6 Å². The maximum absolute atomic E-state index is 11.5. The molecule has 0 saturated carbocycles. The topological polar surface area (TPSA) is 61.3 Å². The van der Waals surface area contributed by atoms with Crippen LogP contribution in [0.3, 0.4) is 0 Å². The maximum atomic E-state index is 11.5. The lowest BCUT2D eigenvalue weighted by atomic mass is 10.1. The maximum Gasteiger partial charge on any atom is 0.325 e. The van der Waals surface area contributed by atoms with Gasteiger partial charge in [-0.25, -0.2) is 4.98 Å². The number of hydrogen-bond acceptors (Lipinski definition) is 5. The Balaban J connectivity index is 1.85. The lowest BCUT2D eigenvalue weighted by molar-refractivity contribution is 0.0994. The minimum atomic E-state index is 0.194. The molecule has 0 unspecified atom stereocenters. The van der Waals surface area contributed by atoms with Crippen molar-refractivity contribution < 1.29 is 14.3 Å². The Kier molecular flexibility index (Phi) is 2.87. The first-order valence-electron chi connectivity index (χ1n) is 5.97. The van der Waals surface area contributed by atoms with Crippen molar-refractivity contribution in [2.75, 3.05) is 7.11 Å². The number of Topliss-reactive ketones (excluding diaryl/α,β-unsaturated/α-hetero) is 1. The Morgan fingerprint density at radius 1 is 1.21 bits per heavy atom. The average molecular weight is 256 g/mol. The first kappa shape index (κ1) is 11.6. The van der Waals surface area contributed by atoms with E-state index in [1.165, 1.54) is 7.11 Å². The summed E-state index contributed by atoms with van der Waals surface area (Å²) >= 11 is 0. The Morgan fingerprint density at radius 3 is 2.95 bits per heavy atom. The molecule has 0 radical (unpaired) electrons. The standard InChI is InChI=1S/C14H12N2O3/c1-18-13-6-7-15-14(16-13)19-10-3-4-11-9(8-10)2-5-12(11)17/h3-4,6-8H,2,5H2,1H3. The van der Waals surface area contributed by atoms with Crippen LogP contribution in [0.25, 0.3) is 0 Å². The van der Waals surface area contributed by atoms with E-state index >= 15 is 0 Å². The Labute approximate surface area is 110 Å². The normalized spacial score (nSPS) is 13.2. The van der Waals surface area contributed by atoms with Gasteiger partial charge >= 0.3 is 6.01 Å². The average Bonchev–Trinajstić information content (AvgIpc) is 2.80. The third-order valence-electron chi connectivity index (χ3n) is 3.02. The first-order chi connectivity index (χ1) is 9.26. The van der Waals surface area contributed by atoms with Crippen molar-refractivity contribution in [2.45, 2.75) is 12.8 Å². The molecule has 1 aliphatic carbocycles. The molecular formula is C14H12N2O3. The van der Waals surface area contributed by atoms with Gasteiger partial charge in [0.25, 0.3) is 0 Å². The van der Waals surface area contributed by atoms with Crippen molar-refractivity contribution in [3.05, 3.63) is 41.6 Å². The quantitative estimate of drug-likeness (QED) is 0.843. The van der Waals surface area contributed by atoms with Gasteiger partial charge in [-0.2, -0.15) is 4.98 Å². The van der Waals surface area contributed by atoms with E-state index in [0.717, 1.165) is 17.5 Å². The molecule has 96 valence electrons. The number of ketones is 1. The molecule has 0 spiro atoms. The van der Waals surface area contributed by atoms with Gasteiger partial charge in [-0.1, -0.05) is 0 Å². The third-order valence-corrected chi connectivity index (χ3v) is 3.02. The van der Waals surface area contributed by atoms with Crippen molar-refractivity contribution in [1.29, 1.82) is 0 Å². The zero-order valence-electron chi connectivity index (χ0n) is 10.4. The smallest absolute Gasteiger partial charge is 0.325 e. The number of ether oxygens (including phenoxy) is 2. The summed E-state index contributed by atoms with van der Waals surface area (Å²) in [5.41, 5.74) is 1.81. The SMILES string of the molecule is COc1ccnc(Oc2ccc3c(c2)CCC3=O)n1. The van der Waals surface area contributed by atoms with E-state index in [1.54, 1.807) is 24.4 Å². The van der Waals surface area contributed by atoms with Gasteiger partial charge in [-0.15, -0.1) is 0 Å². The minimum Gasteiger partial charge on any atom is -0.481 e. The van der Waals surface area contributed by atoms with Crippen molar-refractivity contribution in [1.82, 2.24) is 9.97 Å². The van der Waals surface area contributed by atoms with Gasteiger partial charge in [-0.05, 0) is 30.2 Å². The van der Waals surface area contributed by atoms with Gasteiger partial charge in [0.15, 0.2) is 5.78 Å². The van der Waals surface area contributed by atoms with Crippen LogP contribution in [0.2, 0.25) is 0 Å². The summed E-state index contributed by atoms with van der Waals surface area (Å²) < 4.78 is 10.6. The van der Waals surface area contributed by atoms with Crippen LogP contribution >= 0.6 is 0 Å². The molecule has 0 fully saturated rings. The Hall–Kier alpha value is -2.43. The highest BCUT2D eigenvalue weighted by Gasteiger charge is 2.19. The van der Waals surface area contributed by atoms with Crippen LogP contribution in [0.4, 0.5) is 0 Å². The molecule has 3 rings (SSSR count). The van der Waals surface area contributed by atoms with E-state index in [9.17, 15) is 4.79 Å². The number of carbonyl (C=O) groups excluding carboxylic acids is 1. The number of carbonyl (C=O) groups is 1. The highest BCUT2D eigenvalue weighted by molar-refractivity contribution is 6.00. The molecule has 0 amide bonds. The highest BCUT2D eigenvalue weighted by Crippen LogP contribution is 2.28.